The fourth-order valence-corrected chi connectivity index (χ4v) is 3.04. The fourth-order valence-electron chi connectivity index (χ4n) is 3.04. The maximum absolute atomic E-state index is 13.5. The predicted octanol–water partition coefficient (Wildman–Crippen LogP) is 2.18. The Morgan fingerprint density at radius 2 is 2.12 bits per heavy atom. The van der Waals surface area contributed by atoms with Gasteiger partial charge >= 0.3 is 0 Å². The maximum Gasteiger partial charge on any atom is 0.296 e. The Hall–Kier alpha value is -2.83. The van der Waals surface area contributed by atoms with E-state index in [4.69, 9.17) is 0 Å². The van der Waals surface area contributed by atoms with Crippen LogP contribution in [0.5, 0.6) is 0 Å². The molecule has 3 heterocycles. The highest BCUT2D eigenvalue weighted by Crippen LogP contribution is 2.38. The minimum absolute atomic E-state index is 0.313. The zero-order valence-corrected chi connectivity index (χ0v) is 13.4. The summed E-state index contributed by atoms with van der Waals surface area (Å²) in [6.45, 7) is 0. The lowest BCUT2D eigenvalue weighted by molar-refractivity contribution is -0.521. The summed E-state index contributed by atoms with van der Waals surface area (Å²) in [6.07, 6.45) is 4.40. The second-order valence-electron chi connectivity index (χ2n) is 6.24. The van der Waals surface area contributed by atoms with Crippen molar-refractivity contribution in [3.63, 3.8) is 0 Å². The van der Waals surface area contributed by atoms with Crippen LogP contribution in [0.25, 0.3) is 5.52 Å². The molecule has 25 heavy (non-hydrogen) atoms. The van der Waals surface area contributed by atoms with E-state index >= 15 is 0 Å². The second kappa shape index (κ2) is 6.23. The minimum Gasteiger partial charge on any atom is -0.336 e. The van der Waals surface area contributed by atoms with E-state index in [0.717, 1.165) is 18.7 Å². The summed E-state index contributed by atoms with van der Waals surface area (Å²) >= 11 is 0. The van der Waals surface area contributed by atoms with Crippen LogP contribution in [0.1, 0.15) is 46.7 Å². The first kappa shape index (κ1) is 15.7. The van der Waals surface area contributed by atoms with E-state index in [1.54, 1.807) is 18.3 Å². The highest BCUT2D eigenvalue weighted by atomic mass is 19.3. The Morgan fingerprint density at radius 1 is 1.28 bits per heavy atom. The molecule has 1 saturated carbocycles. The first-order valence-electron chi connectivity index (χ1n) is 8.22. The van der Waals surface area contributed by atoms with Crippen molar-refractivity contribution in [1.82, 2.24) is 10.3 Å². The number of nitrogens with zero attached hydrogens (tertiary/aromatic N) is 1. The fraction of sp³-hybridized carbons (Fsp3) is 0.278. The third kappa shape index (κ3) is 2.97. The number of aromatic amines is 2. The summed E-state index contributed by atoms with van der Waals surface area (Å²) < 4.78 is 28.9. The van der Waals surface area contributed by atoms with Crippen LogP contribution in [0.15, 0.2) is 48.9 Å². The normalized spacial score (nSPS) is 15.5. The molecule has 1 amide bonds. The molecule has 7 heteroatoms. The number of hydrogen-bond donors (Lipinski definition) is 2. The molecule has 3 aromatic heterocycles. The van der Waals surface area contributed by atoms with Gasteiger partial charge in [0.2, 0.25) is 5.69 Å². The zero-order chi connectivity index (χ0) is 17.4. The molecule has 1 aliphatic rings. The number of imidazole rings is 1. The first-order chi connectivity index (χ1) is 12.1. The summed E-state index contributed by atoms with van der Waals surface area (Å²) in [5.41, 5.74) is 1.33. The Morgan fingerprint density at radius 3 is 2.80 bits per heavy atom. The highest BCUT2D eigenvalue weighted by Gasteiger charge is 2.37. The first-order valence-corrected chi connectivity index (χ1v) is 8.22. The second-order valence-corrected chi connectivity index (χ2v) is 6.24. The molecule has 0 aliphatic heterocycles. The van der Waals surface area contributed by atoms with Gasteiger partial charge in [0.1, 0.15) is 6.04 Å². The number of carbonyl (C=O) groups is 1. The van der Waals surface area contributed by atoms with Crippen molar-refractivity contribution in [1.29, 1.82) is 0 Å². The average Bonchev–Trinajstić information content (AvgIpc) is 3.40. The van der Waals surface area contributed by atoms with E-state index in [0.29, 0.717) is 22.7 Å². The standard InChI is InChI=1S/C18H16F2N4O/c19-16(20)14(12-4-3-8-21-10-12)23-18(25)15-13-5-1-2-9-24(13)17(22-15)11-6-7-11/h1-5,8-11,14,16H,6-7H2,(H,23,25)/p+2. The Kier molecular flexibility index (Phi) is 3.91. The molecule has 0 aromatic carbocycles. The number of nitrogens with one attached hydrogen (secondary N) is 3. The van der Waals surface area contributed by atoms with E-state index in [9.17, 15) is 13.6 Å². The van der Waals surface area contributed by atoms with Gasteiger partial charge < -0.3 is 5.32 Å². The van der Waals surface area contributed by atoms with Crippen LogP contribution in [0, 0.1) is 0 Å². The number of carbonyl (C=O) groups excluding carboxylic acids is 1. The SMILES string of the molecule is O=C(NC(c1ccc[nH+]c1)C(F)F)c1[nH]c(C2CC2)[n+]2ccccc12. The number of amides is 1. The monoisotopic (exact) mass is 344 g/mol. The van der Waals surface area contributed by atoms with Gasteiger partial charge in [0, 0.05) is 11.6 Å². The lowest BCUT2D eigenvalue weighted by Crippen LogP contribution is -2.34. The van der Waals surface area contributed by atoms with Gasteiger partial charge in [-0.1, -0.05) is 6.07 Å². The topological polar surface area (TPSA) is 63.1 Å². The summed E-state index contributed by atoms with van der Waals surface area (Å²) in [4.78, 5) is 18.6. The van der Waals surface area contributed by atoms with E-state index in [-0.39, 0.29) is 0 Å². The van der Waals surface area contributed by atoms with Gasteiger partial charge in [-0.2, -0.15) is 4.40 Å². The van der Waals surface area contributed by atoms with Crippen LogP contribution in [0.2, 0.25) is 0 Å². The number of rotatable bonds is 5. The van der Waals surface area contributed by atoms with Crippen molar-refractivity contribution in [2.24, 2.45) is 0 Å². The lowest BCUT2D eigenvalue weighted by atomic mass is 10.1. The molecule has 3 aromatic rings. The molecule has 3 N–H and O–H groups in total. The minimum atomic E-state index is -2.71. The van der Waals surface area contributed by atoms with Crippen LogP contribution in [-0.4, -0.2) is 17.3 Å². The summed E-state index contributed by atoms with van der Waals surface area (Å²) in [5.74, 6) is 0.804. The van der Waals surface area contributed by atoms with Gasteiger partial charge in [0.15, 0.2) is 17.9 Å². The van der Waals surface area contributed by atoms with Gasteiger partial charge in [-0.05, 0) is 31.0 Å². The molecular formula is C18H18F2N4O+2. The molecule has 1 atom stereocenters. The van der Waals surface area contributed by atoms with Gasteiger partial charge in [0.25, 0.3) is 18.2 Å². The molecule has 5 nitrogen and oxygen atoms in total. The summed E-state index contributed by atoms with van der Waals surface area (Å²) in [5, 5.41) is 2.46. The highest BCUT2D eigenvalue weighted by molar-refractivity contribution is 5.98. The molecule has 0 radical (unpaired) electrons. The Balaban J connectivity index is 1.68. The third-order valence-electron chi connectivity index (χ3n) is 4.45. The van der Waals surface area contributed by atoms with E-state index < -0.39 is 18.4 Å². The number of H-pyrrole nitrogens is 2. The molecule has 1 unspecified atom stereocenters. The molecule has 0 saturated heterocycles. The van der Waals surface area contributed by atoms with Crippen molar-refractivity contribution in [2.45, 2.75) is 31.2 Å². The van der Waals surface area contributed by atoms with Crippen molar-refractivity contribution in [3.05, 3.63) is 66.0 Å². The van der Waals surface area contributed by atoms with Gasteiger partial charge in [-0.25, -0.2) is 18.7 Å². The lowest BCUT2D eigenvalue weighted by Gasteiger charge is -2.15. The molecule has 0 spiro atoms. The molecule has 0 bridgehead atoms. The van der Waals surface area contributed by atoms with Gasteiger partial charge in [-0.15, -0.1) is 0 Å². The van der Waals surface area contributed by atoms with Gasteiger partial charge in [0.05, 0.1) is 12.1 Å². The van der Waals surface area contributed by atoms with Crippen molar-refractivity contribution < 1.29 is 23.0 Å². The molecule has 128 valence electrons. The zero-order valence-electron chi connectivity index (χ0n) is 13.4. The van der Waals surface area contributed by atoms with Crippen molar-refractivity contribution in [3.8, 4) is 0 Å². The number of aromatic nitrogens is 3. The summed E-state index contributed by atoms with van der Waals surface area (Å²) in [6, 6.07) is 7.34. The summed E-state index contributed by atoms with van der Waals surface area (Å²) in [7, 11) is 0. The van der Waals surface area contributed by atoms with E-state index in [2.05, 4.69) is 15.3 Å². The molecule has 1 fully saturated rings. The number of hydrogen-bond acceptors (Lipinski definition) is 1. The van der Waals surface area contributed by atoms with E-state index in [1.165, 1.54) is 6.20 Å². The van der Waals surface area contributed by atoms with Crippen LogP contribution >= 0.6 is 0 Å². The average molecular weight is 344 g/mol. The predicted molar refractivity (Wildman–Crippen MR) is 85.1 cm³/mol. The largest absolute Gasteiger partial charge is 0.336 e. The quantitative estimate of drug-likeness (QED) is 0.685. The van der Waals surface area contributed by atoms with Crippen molar-refractivity contribution in [2.75, 3.05) is 0 Å². The Bertz CT molecular complexity index is 906. The Labute approximate surface area is 142 Å². The van der Waals surface area contributed by atoms with Crippen LogP contribution in [-0.2, 0) is 0 Å². The molecule has 1 aliphatic carbocycles. The molecule has 4 rings (SSSR count). The number of fused-ring (bicyclic) bond motifs is 1. The van der Waals surface area contributed by atoms with E-state index in [1.807, 2.05) is 28.8 Å². The van der Waals surface area contributed by atoms with Crippen LogP contribution in [0.3, 0.4) is 0 Å². The number of alkyl halides is 2. The third-order valence-corrected chi connectivity index (χ3v) is 4.45. The smallest absolute Gasteiger partial charge is 0.296 e. The van der Waals surface area contributed by atoms with Crippen LogP contribution in [0.4, 0.5) is 8.78 Å². The maximum atomic E-state index is 13.5. The number of halogens is 2. The van der Waals surface area contributed by atoms with Crippen molar-refractivity contribution >= 4 is 11.4 Å². The van der Waals surface area contributed by atoms with Gasteiger partial charge in [-0.3, -0.25) is 4.79 Å². The number of pyridine rings is 2. The molecular weight excluding hydrogens is 326 g/mol. The van der Waals surface area contributed by atoms with Crippen LogP contribution < -0.4 is 14.7 Å².